The van der Waals surface area contributed by atoms with Crippen molar-refractivity contribution in [2.24, 2.45) is 10.9 Å². The topological polar surface area (TPSA) is 41.0 Å². The summed E-state index contributed by atoms with van der Waals surface area (Å²) >= 11 is 0. The smallest absolute Gasteiger partial charge is 0.140 e. The molecule has 0 saturated heterocycles. The van der Waals surface area contributed by atoms with E-state index in [1.54, 1.807) is 0 Å². The molecule has 3 rings (SSSR count). The second-order valence-corrected chi connectivity index (χ2v) is 6.06. The summed E-state index contributed by atoms with van der Waals surface area (Å²) in [4.78, 5) is 12.9. The molecule has 22 heavy (non-hydrogen) atoms. The monoisotopic (exact) mass is 291 g/mol. The predicted molar refractivity (Wildman–Crippen MR) is 93.8 cm³/mol. The summed E-state index contributed by atoms with van der Waals surface area (Å²) in [6.45, 7) is 6.52. The molecule has 0 bridgehead atoms. The summed E-state index contributed by atoms with van der Waals surface area (Å²) in [6, 6.07) is 16.2. The zero-order chi connectivity index (χ0) is 15.5. The van der Waals surface area contributed by atoms with Gasteiger partial charge in [-0.2, -0.15) is 0 Å². The van der Waals surface area contributed by atoms with Crippen molar-refractivity contribution >= 4 is 22.4 Å². The average molecular weight is 291 g/mol. The number of aliphatic imine (C=N–C) groups is 1. The number of nitrogens with zero attached hydrogens (tertiary/aromatic N) is 2. The number of fused-ring (bicyclic) bond motifs is 1. The summed E-state index contributed by atoms with van der Waals surface area (Å²) in [5.41, 5.74) is 5.20. The molecule has 0 spiro atoms. The minimum atomic E-state index is 0.613. The van der Waals surface area contributed by atoms with E-state index in [4.69, 9.17) is 4.99 Å². The first-order chi connectivity index (χ1) is 10.6. The van der Waals surface area contributed by atoms with Crippen molar-refractivity contribution in [3.05, 3.63) is 48.5 Å². The third-order valence-corrected chi connectivity index (χ3v) is 3.56. The van der Waals surface area contributed by atoms with Crippen LogP contribution in [0.25, 0.3) is 22.4 Å². The van der Waals surface area contributed by atoms with Gasteiger partial charge in [0.1, 0.15) is 5.82 Å². The van der Waals surface area contributed by atoms with Gasteiger partial charge in [0.2, 0.25) is 0 Å². The molecular formula is C19H21N3. The summed E-state index contributed by atoms with van der Waals surface area (Å²) in [5.74, 6) is 1.49. The first-order valence-corrected chi connectivity index (χ1v) is 7.72. The number of aromatic nitrogens is 2. The Bertz CT molecular complexity index is 779. The van der Waals surface area contributed by atoms with Gasteiger partial charge in [0.25, 0.3) is 0 Å². The van der Waals surface area contributed by atoms with E-state index in [0.29, 0.717) is 5.92 Å². The Hall–Kier alpha value is -2.42. The number of H-pyrrole nitrogens is 1. The highest BCUT2D eigenvalue weighted by Crippen LogP contribution is 2.30. The molecule has 0 aliphatic heterocycles. The number of imidazole rings is 1. The first kappa shape index (κ1) is 14.5. The summed E-state index contributed by atoms with van der Waals surface area (Å²) < 4.78 is 0. The van der Waals surface area contributed by atoms with Crippen LogP contribution < -0.4 is 0 Å². The number of benzene rings is 2. The van der Waals surface area contributed by atoms with Crippen LogP contribution in [0, 0.1) is 5.92 Å². The third kappa shape index (κ3) is 3.08. The molecule has 3 aromatic rings. The van der Waals surface area contributed by atoms with E-state index in [1.807, 2.05) is 42.5 Å². The zero-order valence-corrected chi connectivity index (χ0v) is 13.3. The van der Waals surface area contributed by atoms with Crippen molar-refractivity contribution in [3.63, 3.8) is 0 Å². The molecular weight excluding hydrogens is 270 g/mol. The standard InChI is InChI=1S/C19H21N3/c1-13(2)12-14(3)20-16-9-5-4-8-15(16)19-21-17-10-6-7-11-18(17)22-19/h4-11,13H,12H2,1-3H3,(H,21,22). The number of rotatable bonds is 4. The molecule has 1 N–H and O–H groups in total. The molecule has 112 valence electrons. The van der Waals surface area contributed by atoms with Crippen LogP contribution in [0.15, 0.2) is 53.5 Å². The maximum Gasteiger partial charge on any atom is 0.140 e. The third-order valence-electron chi connectivity index (χ3n) is 3.56. The second kappa shape index (κ2) is 6.14. The number of aromatic amines is 1. The normalized spacial score (nSPS) is 12.3. The van der Waals surface area contributed by atoms with E-state index < -0.39 is 0 Å². The van der Waals surface area contributed by atoms with E-state index in [0.717, 1.165) is 40.2 Å². The van der Waals surface area contributed by atoms with Crippen molar-refractivity contribution in [1.29, 1.82) is 0 Å². The molecule has 0 atom stereocenters. The lowest BCUT2D eigenvalue weighted by atomic mass is 10.1. The summed E-state index contributed by atoms with van der Waals surface area (Å²) in [5, 5.41) is 0. The molecule has 2 aromatic carbocycles. The minimum Gasteiger partial charge on any atom is -0.338 e. The maximum atomic E-state index is 4.80. The Balaban J connectivity index is 2.04. The van der Waals surface area contributed by atoms with Crippen molar-refractivity contribution in [1.82, 2.24) is 9.97 Å². The molecule has 0 aliphatic carbocycles. The van der Waals surface area contributed by atoms with Crippen molar-refractivity contribution in [2.75, 3.05) is 0 Å². The predicted octanol–water partition coefficient (Wildman–Crippen LogP) is 5.37. The van der Waals surface area contributed by atoms with Crippen molar-refractivity contribution < 1.29 is 0 Å². The van der Waals surface area contributed by atoms with E-state index in [-0.39, 0.29) is 0 Å². The molecule has 3 nitrogen and oxygen atoms in total. The van der Waals surface area contributed by atoms with Gasteiger partial charge in [-0.1, -0.05) is 38.1 Å². The number of para-hydroxylation sites is 3. The number of hydrogen-bond donors (Lipinski definition) is 1. The summed E-state index contributed by atoms with van der Waals surface area (Å²) in [7, 11) is 0. The lowest BCUT2D eigenvalue weighted by molar-refractivity contribution is 0.682. The molecule has 0 aliphatic rings. The van der Waals surface area contributed by atoms with Crippen LogP contribution >= 0.6 is 0 Å². The van der Waals surface area contributed by atoms with Crippen LogP contribution in [0.4, 0.5) is 5.69 Å². The Labute approximate surface area is 131 Å². The van der Waals surface area contributed by atoms with Gasteiger partial charge in [0.15, 0.2) is 0 Å². The van der Waals surface area contributed by atoms with Crippen LogP contribution in [0.1, 0.15) is 27.2 Å². The van der Waals surface area contributed by atoms with E-state index in [1.165, 1.54) is 0 Å². The minimum absolute atomic E-state index is 0.613. The lowest BCUT2D eigenvalue weighted by Gasteiger charge is -2.06. The highest BCUT2D eigenvalue weighted by atomic mass is 14.9. The Morgan fingerprint density at radius 2 is 1.82 bits per heavy atom. The largest absolute Gasteiger partial charge is 0.338 e. The fourth-order valence-corrected chi connectivity index (χ4v) is 2.69. The fourth-order valence-electron chi connectivity index (χ4n) is 2.69. The molecule has 0 radical (unpaired) electrons. The van der Waals surface area contributed by atoms with Gasteiger partial charge < -0.3 is 4.98 Å². The lowest BCUT2D eigenvalue weighted by Crippen LogP contribution is -1.97. The first-order valence-electron chi connectivity index (χ1n) is 7.72. The van der Waals surface area contributed by atoms with E-state index in [2.05, 4.69) is 36.8 Å². The van der Waals surface area contributed by atoms with E-state index >= 15 is 0 Å². The number of nitrogens with one attached hydrogen (secondary N) is 1. The van der Waals surface area contributed by atoms with Gasteiger partial charge >= 0.3 is 0 Å². The Morgan fingerprint density at radius 1 is 1.09 bits per heavy atom. The van der Waals surface area contributed by atoms with Crippen LogP contribution in [0.3, 0.4) is 0 Å². The van der Waals surface area contributed by atoms with E-state index in [9.17, 15) is 0 Å². The quantitative estimate of drug-likeness (QED) is 0.645. The average Bonchev–Trinajstić information content (AvgIpc) is 2.90. The van der Waals surface area contributed by atoms with Gasteiger partial charge in [0, 0.05) is 11.3 Å². The zero-order valence-electron chi connectivity index (χ0n) is 13.3. The molecule has 0 amide bonds. The van der Waals surface area contributed by atoms with Crippen molar-refractivity contribution in [3.8, 4) is 11.4 Å². The molecule has 0 saturated carbocycles. The Kier molecular flexibility index (Phi) is 4.05. The van der Waals surface area contributed by atoms with Gasteiger partial charge in [-0.3, -0.25) is 4.99 Å². The Morgan fingerprint density at radius 3 is 2.59 bits per heavy atom. The maximum absolute atomic E-state index is 4.80. The molecule has 1 heterocycles. The van der Waals surface area contributed by atoms with Crippen LogP contribution in [-0.2, 0) is 0 Å². The summed E-state index contributed by atoms with van der Waals surface area (Å²) in [6.07, 6.45) is 1.01. The number of hydrogen-bond acceptors (Lipinski definition) is 2. The van der Waals surface area contributed by atoms with Crippen LogP contribution in [-0.4, -0.2) is 15.7 Å². The molecule has 0 unspecified atom stereocenters. The highest BCUT2D eigenvalue weighted by molar-refractivity contribution is 5.88. The van der Waals surface area contributed by atoms with Gasteiger partial charge in [-0.05, 0) is 43.5 Å². The van der Waals surface area contributed by atoms with Gasteiger partial charge in [0.05, 0.1) is 16.7 Å². The molecule has 0 fully saturated rings. The SMILES string of the molecule is CC(CC(C)C)=Nc1ccccc1-c1nc2ccccc2[nH]1. The van der Waals surface area contributed by atoms with Crippen molar-refractivity contribution in [2.45, 2.75) is 27.2 Å². The molecule has 3 heteroatoms. The molecule has 1 aromatic heterocycles. The van der Waals surface area contributed by atoms with Gasteiger partial charge in [-0.25, -0.2) is 4.98 Å². The van der Waals surface area contributed by atoms with Gasteiger partial charge in [-0.15, -0.1) is 0 Å². The second-order valence-electron chi connectivity index (χ2n) is 6.06. The van der Waals surface area contributed by atoms with Crippen LogP contribution in [0.2, 0.25) is 0 Å². The highest BCUT2D eigenvalue weighted by Gasteiger charge is 2.09. The fraction of sp³-hybridized carbons (Fsp3) is 0.263. The van der Waals surface area contributed by atoms with Crippen LogP contribution in [0.5, 0.6) is 0 Å².